The van der Waals surface area contributed by atoms with E-state index in [0.29, 0.717) is 5.92 Å². The lowest BCUT2D eigenvalue weighted by atomic mass is 9.82. The fourth-order valence-electron chi connectivity index (χ4n) is 4.49. The molecule has 0 amide bonds. The molecule has 0 spiro atoms. The molecule has 1 aliphatic rings. The number of pyridine rings is 2. The van der Waals surface area contributed by atoms with Crippen LogP contribution in [0.3, 0.4) is 0 Å². The summed E-state index contributed by atoms with van der Waals surface area (Å²) in [6, 6.07) is 19.4. The van der Waals surface area contributed by atoms with Gasteiger partial charge < -0.3 is 0 Å². The van der Waals surface area contributed by atoms with Crippen LogP contribution in [0.25, 0.3) is 32.9 Å². The van der Waals surface area contributed by atoms with Crippen molar-refractivity contribution in [3.8, 4) is 11.1 Å². The molecule has 2 heteroatoms. The van der Waals surface area contributed by atoms with Crippen molar-refractivity contribution in [2.75, 3.05) is 0 Å². The molecule has 0 bridgehead atoms. The van der Waals surface area contributed by atoms with E-state index >= 15 is 0 Å². The van der Waals surface area contributed by atoms with Crippen LogP contribution in [0.1, 0.15) is 43.6 Å². The van der Waals surface area contributed by atoms with E-state index in [0.717, 1.165) is 11.0 Å². The molecule has 0 unspecified atom stereocenters. The van der Waals surface area contributed by atoms with Crippen molar-refractivity contribution in [2.24, 2.45) is 0 Å². The zero-order chi connectivity index (χ0) is 17.3. The zero-order valence-corrected chi connectivity index (χ0v) is 14.9. The van der Waals surface area contributed by atoms with Gasteiger partial charge in [0.1, 0.15) is 0 Å². The molecule has 2 aromatic heterocycles. The van der Waals surface area contributed by atoms with Gasteiger partial charge in [-0.1, -0.05) is 61.7 Å². The van der Waals surface area contributed by atoms with Gasteiger partial charge in [0.15, 0.2) is 0 Å². The summed E-state index contributed by atoms with van der Waals surface area (Å²) < 4.78 is 0. The molecule has 0 saturated heterocycles. The Balaban J connectivity index is 1.74. The average molecular weight is 338 g/mol. The van der Waals surface area contributed by atoms with Crippen LogP contribution in [0.5, 0.6) is 0 Å². The van der Waals surface area contributed by atoms with Gasteiger partial charge in [-0.05, 0) is 47.6 Å². The third-order valence-corrected chi connectivity index (χ3v) is 5.78. The molecule has 2 heterocycles. The molecule has 1 aliphatic carbocycles. The summed E-state index contributed by atoms with van der Waals surface area (Å²) in [6.07, 6.45) is 10.6. The molecule has 1 saturated carbocycles. The first kappa shape index (κ1) is 15.5. The van der Waals surface area contributed by atoms with Gasteiger partial charge in [-0.15, -0.1) is 0 Å². The molecular weight excluding hydrogens is 316 g/mol. The Bertz CT molecular complexity index is 1060. The number of hydrogen-bond acceptors (Lipinski definition) is 2. The average Bonchev–Trinajstić information content (AvgIpc) is 2.74. The zero-order valence-electron chi connectivity index (χ0n) is 14.9. The van der Waals surface area contributed by atoms with E-state index in [4.69, 9.17) is 9.97 Å². The molecular formula is C24H22N2. The highest BCUT2D eigenvalue weighted by molar-refractivity contribution is 6.08. The van der Waals surface area contributed by atoms with Crippen LogP contribution < -0.4 is 0 Å². The minimum Gasteiger partial charge on any atom is -0.254 e. The fraction of sp³-hybridized carbons (Fsp3) is 0.250. The molecule has 0 radical (unpaired) electrons. The van der Waals surface area contributed by atoms with E-state index in [1.165, 1.54) is 59.6 Å². The number of hydrogen-bond donors (Lipinski definition) is 0. The Hall–Kier alpha value is -2.74. The van der Waals surface area contributed by atoms with Crippen molar-refractivity contribution >= 4 is 21.8 Å². The number of rotatable bonds is 2. The molecule has 1 fully saturated rings. The van der Waals surface area contributed by atoms with Crippen LogP contribution in [-0.4, -0.2) is 9.97 Å². The van der Waals surface area contributed by atoms with Crippen LogP contribution in [0.15, 0.2) is 67.0 Å². The molecule has 26 heavy (non-hydrogen) atoms. The van der Waals surface area contributed by atoms with Crippen LogP contribution in [-0.2, 0) is 0 Å². The van der Waals surface area contributed by atoms with Gasteiger partial charge in [-0.2, -0.15) is 0 Å². The lowest BCUT2D eigenvalue weighted by Gasteiger charge is -2.23. The van der Waals surface area contributed by atoms with Gasteiger partial charge in [0.2, 0.25) is 0 Å². The first-order chi connectivity index (χ1) is 12.9. The first-order valence-corrected chi connectivity index (χ1v) is 9.63. The van der Waals surface area contributed by atoms with Crippen molar-refractivity contribution in [3.63, 3.8) is 0 Å². The molecule has 0 aliphatic heterocycles. The van der Waals surface area contributed by atoms with Gasteiger partial charge in [0.05, 0.1) is 11.0 Å². The summed E-state index contributed by atoms with van der Waals surface area (Å²) in [6.45, 7) is 0. The summed E-state index contributed by atoms with van der Waals surface area (Å²) in [5, 5.41) is 2.46. The Morgan fingerprint density at radius 3 is 2.15 bits per heavy atom. The van der Waals surface area contributed by atoms with E-state index in [2.05, 4.69) is 54.6 Å². The van der Waals surface area contributed by atoms with Gasteiger partial charge in [0.25, 0.3) is 0 Å². The Morgan fingerprint density at radius 1 is 0.654 bits per heavy atom. The SMILES string of the molecule is c1ccc(-c2ccnc3c2ccc2c(C4CCCCC4)ccnc23)cc1. The third kappa shape index (κ3) is 2.57. The summed E-state index contributed by atoms with van der Waals surface area (Å²) in [5.74, 6) is 0.670. The van der Waals surface area contributed by atoms with Gasteiger partial charge in [0, 0.05) is 23.2 Å². The van der Waals surface area contributed by atoms with Gasteiger partial charge >= 0.3 is 0 Å². The highest BCUT2D eigenvalue weighted by Gasteiger charge is 2.19. The summed E-state index contributed by atoms with van der Waals surface area (Å²) in [4.78, 5) is 9.46. The van der Waals surface area contributed by atoms with Crippen molar-refractivity contribution in [2.45, 2.75) is 38.0 Å². The summed E-state index contributed by atoms with van der Waals surface area (Å²) in [7, 11) is 0. The second-order valence-corrected chi connectivity index (χ2v) is 7.32. The topological polar surface area (TPSA) is 25.8 Å². The lowest BCUT2D eigenvalue weighted by Crippen LogP contribution is -2.05. The number of benzene rings is 2. The van der Waals surface area contributed by atoms with Crippen molar-refractivity contribution in [1.29, 1.82) is 0 Å². The smallest absolute Gasteiger partial charge is 0.0970 e. The predicted octanol–water partition coefficient (Wildman–Crippen LogP) is 6.50. The largest absolute Gasteiger partial charge is 0.254 e. The third-order valence-electron chi connectivity index (χ3n) is 5.78. The van der Waals surface area contributed by atoms with Crippen LogP contribution in [0.2, 0.25) is 0 Å². The highest BCUT2D eigenvalue weighted by atomic mass is 14.7. The Kier molecular flexibility index (Phi) is 3.89. The number of aromatic nitrogens is 2. The minimum atomic E-state index is 0.670. The molecule has 2 nitrogen and oxygen atoms in total. The maximum atomic E-state index is 4.74. The standard InChI is InChI=1S/C24H22N2/c1-3-7-17(8-4-1)19-13-15-25-23-21(19)11-12-22-20(14-16-26-24(22)23)18-9-5-2-6-10-18/h1,3-4,7-8,11-16,18H,2,5-6,9-10H2. The van der Waals surface area contributed by atoms with E-state index in [9.17, 15) is 0 Å². The second kappa shape index (κ2) is 6.53. The van der Waals surface area contributed by atoms with Gasteiger partial charge in [-0.25, -0.2) is 0 Å². The van der Waals surface area contributed by atoms with Gasteiger partial charge in [-0.3, -0.25) is 9.97 Å². The monoisotopic (exact) mass is 338 g/mol. The highest BCUT2D eigenvalue weighted by Crippen LogP contribution is 2.38. The Morgan fingerprint density at radius 2 is 1.35 bits per heavy atom. The molecule has 0 N–H and O–H groups in total. The fourth-order valence-corrected chi connectivity index (χ4v) is 4.49. The molecule has 2 aromatic carbocycles. The van der Waals surface area contributed by atoms with E-state index in [-0.39, 0.29) is 0 Å². The molecule has 5 rings (SSSR count). The maximum absolute atomic E-state index is 4.74. The van der Waals surface area contributed by atoms with Crippen molar-refractivity contribution in [1.82, 2.24) is 9.97 Å². The molecule has 4 aromatic rings. The maximum Gasteiger partial charge on any atom is 0.0970 e. The summed E-state index contributed by atoms with van der Waals surface area (Å²) in [5.41, 5.74) is 5.97. The summed E-state index contributed by atoms with van der Waals surface area (Å²) >= 11 is 0. The van der Waals surface area contributed by atoms with Crippen molar-refractivity contribution < 1.29 is 0 Å². The quantitative estimate of drug-likeness (QED) is 0.390. The van der Waals surface area contributed by atoms with E-state index in [1.807, 2.05) is 12.4 Å². The van der Waals surface area contributed by atoms with Crippen LogP contribution in [0, 0.1) is 0 Å². The van der Waals surface area contributed by atoms with E-state index in [1.54, 1.807) is 0 Å². The van der Waals surface area contributed by atoms with Crippen LogP contribution in [0.4, 0.5) is 0 Å². The van der Waals surface area contributed by atoms with E-state index < -0.39 is 0 Å². The lowest BCUT2D eigenvalue weighted by molar-refractivity contribution is 0.445. The first-order valence-electron chi connectivity index (χ1n) is 9.63. The second-order valence-electron chi connectivity index (χ2n) is 7.32. The normalized spacial score (nSPS) is 15.5. The molecule has 0 atom stereocenters. The van der Waals surface area contributed by atoms with Crippen molar-refractivity contribution in [3.05, 3.63) is 72.6 Å². The molecule has 128 valence electrons. The minimum absolute atomic E-state index is 0.670. The number of nitrogens with zero attached hydrogens (tertiary/aromatic N) is 2. The Labute approximate surface area is 153 Å². The number of fused-ring (bicyclic) bond motifs is 3. The van der Waals surface area contributed by atoms with Crippen LogP contribution >= 0.6 is 0 Å². The predicted molar refractivity (Wildman–Crippen MR) is 108 cm³/mol.